The van der Waals surface area contributed by atoms with Gasteiger partial charge in [-0.3, -0.25) is 5.21 Å². The van der Waals surface area contributed by atoms with E-state index in [1.54, 1.807) is 0 Å². The Hall–Kier alpha value is -6.99. The highest BCUT2D eigenvalue weighted by Gasteiger charge is 2.37. The Bertz CT molecular complexity index is 2690. The zero-order valence-electron chi connectivity index (χ0n) is 28.3. The molecule has 3 aromatic heterocycles. The van der Waals surface area contributed by atoms with Crippen molar-refractivity contribution in [3.8, 4) is 44.5 Å². The summed E-state index contributed by atoms with van der Waals surface area (Å²) in [5.41, 5.74) is 13.4. The normalized spacial score (nSPS) is 14.8. The first kappa shape index (κ1) is 31.0. The van der Waals surface area contributed by atoms with Crippen LogP contribution in [-0.2, 0) is 0 Å². The second kappa shape index (κ2) is 12.7. The molecule has 2 aliphatic rings. The molecular formula is C45H33N5O2. The van der Waals surface area contributed by atoms with E-state index in [1.165, 1.54) is 0 Å². The molecule has 5 heterocycles. The van der Waals surface area contributed by atoms with Crippen molar-refractivity contribution in [2.75, 3.05) is 0 Å². The molecule has 2 aliphatic heterocycles. The molecule has 1 unspecified atom stereocenters. The van der Waals surface area contributed by atoms with Crippen LogP contribution < -0.4 is 0 Å². The fourth-order valence-electron chi connectivity index (χ4n) is 7.50. The first-order valence-electron chi connectivity index (χ1n) is 17.3. The van der Waals surface area contributed by atoms with E-state index < -0.39 is 5.92 Å². The van der Waals surface area contributed by atoms with Crippen LogP contribution in [0.1, 0.15) is 35.6 Å². The van der Waals surface area contributed by atoms with Crippen molar-refractivity contribution < 1.29 is 10.1 Å². The van der Waals surface area contributed by atoms with E-state index >= 15 is 0 Å². The summed E-state index contributed by atoms with van der Waals surface area (Å²) in [6.07, 6.45) is 4.16. The first-order valence-corrected chi connectivity index (χ1v) is 17.3. The highest BCUT2D eigenvalue weighted by molar-refractivity contribution is 6.11. The number of benzene rings is 4. The van der Waals surface area contributed by atoms with Gasteiger partial charge in [0.05, 0.1) is 23.0 Å². The predicted octanol–water partition coefficient (Wildman–Crippen LogP) is 10.6. The summed E-state index contributed by atoms with van der Waals surface area (Å²) in [6, 6.07) is 48.6. The fourth-order valence-corrected chi connectivity index (χ4v) is 7.50. The first-order chi connectivity index (χ1) is 25.5. The van der Waals surface area contributed by atoms with Crippen molar-refractivity contribution in [2.24, 2.45) is 0 Å². The molecule has 0 radical (unpaired) electrons. The highest BCUT2D eigenvalue weighted by Crippen LogP contribution is 2.41. The predicted molar refractivity (Wildman–Crippen MR) is 210 cm³/mol. The maximum Gasteiger partial charge on any atom is 0.279 e. The molecule has 52 heavy (non-hydrogen) atoms. The summed E-state index contributed by atoms with van der Waals surface area (Å²) in [5.74, 6) is -0.550. The van der Waals surface area contributed by atoms with Crippen LogP contribution in [-0.4, -0.2) is 35.8 Å². The molecule has 0 amide bonds. The molecule has 0 spiro atoms. The molecule has 4 aromatic carbocycles. The molecule has 8 bridgehead atoms. The number of aromatic amines is 2. The van der Waals surface area contributed by atoms with Gasteiger partial charge in [-0.2, -0.15) is 0 Å². The van der Waals surface area contributed by atoms with Crippen molar-refractivity contribution >= 4 is 39.9 Å². The van der Waals surface area contributed by atoms with E-state index in [2.05, 4.69) is 58.5 Å². The number of nitrogens with one attached hydrogen (secondary N) is 2. The Balaban J connectivity index is 1.53. The molecule has 9 rings (SSSR count). The maximum atomic E-state index is 13.2. The number of fused-ring (bicyclic) bond motifs is 8. The van der Waals surface area contributed by atoms with Crippen LogP contribution in [0.25, 0.3) is 78.7 Å². The van der Waals surface area contributed by atoms with Gasteiger partial charge in [-0.15, -0.1) is 0 Å². The zero-order chi connectivity index (χ0) is 35.2. The van der Waals surface area contributed by atoms with Crippen molar-refractivity contribution in [1.29, 1.82) is 0 Å². The Morgan fingerprint density at radius 2 is 0.865 bits per heavy atom. The average molecular weight is 676 g/mol. The van der Waals surface area contributed by atoms with Crippen LogP contribution in [0.3, 0.4) is 0 Å². The lowest BCUT2D eigenvalue weighted by atomic mass is 9.93. The number of H-pyrrole nitrogens is 2. The highest BCUT2D eigenvalue weighted by atomic mass is 16.8. The number of nitrogens with zero attached hydrogens (tertiary/aromatic N) is 3. The van der Waals surface area contributed by atoms with Gasteiger partial charge in [-0.05, 0) is 65.6 Å². The third-order valence-corrected chi connectivity index (χ3v) is 9.85. The molecule has 7 nitrogen and oxygen atoms in total. The Morgan fingerprint density at radius 1 is 0.500 bits per heavy atom. The number of hydrogen-bond donors (Lipinski definition) is 3. The van der Waals surface area contributed by atoms with Crippen LogP contribution in [0.15, 0.2) is 146 Å². The van der Waals surface area contributed by atoms with E-state index in [0.717, 1.165) is 72.4 Å². The van der Waals surface area contributed by atoms with Gasteiger partial charge < -0.3 is 15.2 Å². The second-order valence-corrected chi connectivity index (χ2v) is 13.0. The molecule has 250 valence electrons. The molecule has 0 fully saturated rings. The van der Waals surface area contributed by atoms with Crippen molar-refractivity contribution in [1.82, 2.24) is 19.9 Å². The summed E-state index contributed by atoms with van der Waals surface area (Å²) in [7, 11) is 0. The van der Waals surface area contributed by atoms with E-state index in [9.17, 15) is 10.4 Å². The van der Waals surface area contributed by atoms with Crippen LogP contribution >= 0.6 is 0 Å². The monoisotopic (exact) mass is 675 g/mol. The maximum absolute atomic E-state index is 13.2. The largest absolute Gasteiger partial charge is 0.417 e. The van der Waals surface area contributed by atoms with Crippen LogP contribution in [0.5, 0.6) is 0 Å². The van der Waals surface area contributed by atoms with Gasteiger partial charge in [0.15, 0.2) is 0 Å². The van der Waals surface area contributed by atoms with Crippen LogP contribution in [0.4, 0.5) is 0 Å². The lowest BCUT2D eigenvalue weighted by Gasteiger charge is -2.09. The quantitative estimate of drug-likeness (QED) is 0.0981. The Kier molecular flexibility index (Phi) is 7.59. The van der Waals surface area contributed by atoms with Gasteiger partial charge in [0.25, 0.3) is 5.71 Å². The van der Waals surface area contributed by atoms with E-state index in [-0.39, 0.29) is 10.6 Å². The summed E-state index contributed by atoms with van der Waals surface area (Å²) in [6.45, 7) is 1.92. The minimum absolute atomic E-state index is 0.0157. The van der Waals surface area contributed by atoms with Gasteiger partial charge >= 0.3 is 0 Å². The van der Waals surface area contributed by atoms with Gasteiger partial charge in [-0.1, -0.05) is 121 Å². The molecule has 0 saturated carbocycles. The Morgan fingerprint density at radius 3 is 1.29 bits per heavy atom. The molecule has 7 heteroatoms. The smallest absolute Gasteiger partial charge is 0.279 e. The third-order valence-electron chi connectivity index (χ3n) is 9.85. The van der Waals surface area contributed by atoms with Gasteiger partial charge in [-0.25, -0.2) is 9.97 Å². The number of aromatic nitrogens is 4. The summed E-state index contributed by atoms with van der Waals surface area (Å²) in [5, 5.41) is 24.0. The van der Waals surface area contributed by atoms with Crippen LogP contribution in [0, 0.1) is 5.21 Å². The second-order valence-electron chi connectivity index (χ2n) is 13.0. The van der Waals surface area contributed by atoms with Gasteiger partial charge in [0.2, 0.25) is 0 Å². The van der Waals surface area contributed by atoms with E-state index in [4.69, 9.17) is 9.97 Å². The molecule has 3 N–H and O–H groups in total. The lowest BCUT2D eigenvalue weighted by molar-refractivity contribution is -0.726. The molecule has 7 aromatic rings. The molecular weight excluding hydrogens is 643 g/mol. The van der Waals surface area contributed by atoms with Gasteiger partial charge in [0.1, 0.15) is 5.69 Å². The molecule has 0 aliphatic carbocycles. The fraction of sp³-hybridized carbons (Fsp3) is 0.0444. The summed E-state index contributed by atoms with van der Waals surface area (Å²) >= 11 is 0. The summed E-state index contributed by atoms with van der Waals surface area (Å²) < 4.78 is 0. The van der Waals surface area contributed by atoms with Crippen LogP contribution in [0.2, 0.25) is 0 Å². The van der Waals surface area contributed by atoms with Crippen molar-refractivity contribution in [3.63, 3.8) is 0 Å². The van der Waals surface area contributed by atoms with E-state index in [1.807, 2.05) is 116 Å². The van der Waals surface area contributed by atoms with Crippen molar-refractivity contribution in [3.05, 3.63) is 174 Å². The minimum atomic E-state index is -0.550. The lowest BCUT2D eigenvalue weighted by Crippen LogP contribution is -2.17. The molecule has 1 atom stereocenters. The van der Waals surface area contributed by atoms with Gasteiger partial charge in [0, 0.05) is 49.2 Å². The Labute approximate surface area is 300 Å². The standard InChI is InChI=1S/C45H33N5O2/c1-28-43-41(31-18-10-4-11-19-31)37-26-24-35(47-37)39(29-14-6-2-7-15-29)33-22-23-34(46-33)40(30-16-8-3-9-17-30)36-25-27-38(48-36)42(32-20-12-5-13-21-32)44(49-43)45(28)50(51)52/h2-28,47-48H,1H3,(H,51,52). The average Bonchev–Trinajstić information content (AvgIpc) is 4.00. The topological polar surface area (TPSA) is 104 Å². The number of rotatable bonds is 4. The third kappa shape index (κ3) is 5.27. The summed E-state index contributed by atoms with van der Waals surface area (Å²) in [4.78, 5) is 18.0. The SMILES string of the molecule is CC1/C(=[N+](/[O-])O)c2nc1c(-c1ccccc1)c1ccc([nH]1)c(-c1ccccc1)c1nc(c(-c3ccccc3)c3ccc([nH]3)c2-c2ccccc2)C=C1. The molecule has 0 saturated heterocycles. The van der Waals surface area contributed by atoms with E-state index in [0.29, 0.717) is 17.0 Å². The zero-order valence-corrected chi connectivity index (χ0v) is 28.3. The van der Waals surface area contributed by atoms with Crippen molar-refractivity contribution in [2.45, 2.75) is 12.8 Å². The number of hydrogen-bond acceptors (Lipinski definition) is 4. The minimum Gasteiger partial charge on any atom is -0.417 e.